The largest absolute Gasteiger partial charge is 0.495 e. The Hall–Kier alpha value is -2.61. The van der Waals surface area contributed by atoms with Crippen LogP contribution in [0.15, 0.2) is 42.5 Å². The third-order valence-electron chi connectivity index (χ3n) is 5.47. The Balaban J connectivity index is 1.51. The van der Waals surface area contributed by atoms with Crippen molar-refractivity contribution in [2.75, 3.05) is 30.4 Å². The molecule has 3 aromatic rings. The average Bonchev–Trinajstić information content (AvgIpc) is 2.78. The van der Waals surface area contributed by atoms with Crippen LogP contribution in [0, 0.1) is 0 Å². The Kier molecular flexibility index (Phi) is 6.75. The van der Waals surface area contributed by atoms with Crippen molar-refractivity contribution in [1.82, 2.24) is 10.2 Å². The van der Waals surface area contributed by atoms with Gasteiger partial charge in [-0.25, -0.2) is 0 Å². The van der Waals surface area contributed by atoms with Crippen molar-refractivity contribution in [3.63, 3.8) is 0 Å². The van der Waals surface area contributed by atoms with Crippen LogP contribution >= 0.6 is 11.6 Å². The summed E-state index contributed by atoms with van der Waals surface area (Å²) >= 11 is 6.24. The van der Waals surface area contributed by atoms with E-state index in [9.17, 15) is 5.11 Å². The van der Waals surface area contributed by atoms with Crippen molar-refractivity contribution in [3.05, 3.63) is 53.1 Å². The quantitative estimate of drug-likeness (QED) is 0.530. The molecule has 2 aromatic carbocycles. The summed E-state index contributed by atoms with van der Waals surface area (Å²) in [6.45, 7) is 3.85. The van der Waals surface area contributed by atoms with Crippen LogP contribution in [0.2, 0.25) is 5.02 Å². The molecule has 0 aliphatic carbocycles. The summed E-state index contributed by atoms with van der Waals surface area (Å²) in [7, 11) is 1.60. The van der Waals surface area contributed by atoms with Gasteiger partial charge >= 0.3 is 0 Å². The number of piperidine rings is 1. The number of hydrogen-bond acceptors (Lipinski definition) is 7. The van der Waals surface area contributed by atoms with E-state index in [1.807, 2.05) is 30.3 Å². The molecular formula is C23H27ClN4O3. The van der Waals surface area contributed by atoms with E-state index in [1.54, 1.807) is 14.0 Å². The van der Waals surface area contributed by atoms with Crippen molar-refractivity contribution in [3.8, 4) is 5.75 Å². The van der Waals surface area contributed by atoms with Gasteiger partial charge in [0, 0.05) is 30.4 Å². The molecule has 0 bridgehead atoms. The molecule has 8 heteroatoms. The van der Waals surface area contributed by atoms with Gasteiger partial charge in [-0.05, 0) is 37.5 Å². The molecule has 2 N–H and O–H groups in total. The summed E-state index contributed by atoms with van der Waals surface area (Å²) in [6, 6.07) is 13.9. The first-order chi connectivity index (χ1) is 15.0. The lowest BCUT2D eigenvalue weighted by molar-refractivity contribution is -0.128. The number of ether oxygens (including phenoxy) is 2. The number of aliphatic hydroxyl groups excluding tert-OH is 1. The molecule has 0 radical (unpaired) electrons. The predicted molar refractivity (Wildman–Crippen MR) is 123 cm³/mol. The van der Waals surface area contributed by atoms with Crippen LogP contribution in [0.5, 0.6) is 5.75 Å². The molecule has 1 unspecified atom stereocenters. The minimum atomic E-state index is -0.733. The zero-order valence-electron chi connectivity index (χ0n) is 17.7. The van der Waals surface area contributed by atoms with E-state index in [4.69, 9.17) is 21.1 Å². The van der Waals surface area contributed by atoms with Crippen LogP contribution in [0.1, 0.15) is 25.3 Å². The third-order valence-corrected chi connectivity index (χ3v) is 5.77. The SMILES string of the molecule is COc1ccc(CNc2nnc(N3CCC(OC(C)O)CC3)c3ccccc23)cc1Cl. The van der Waals surface area contributed by atoms with Crippen LogP contribution in [0.4, 0.5) is 11.6 Å². The van der Waals surface area contributed by atoms with Gasteiger partial charge in [-0.1, -0.05) is 41.9 Å². The van der Waals surface area contributed by atoms with Crippen LogP contribution in [-0.2, 0) is 11.3 Å². The van der Waals surface area contributed by atoms with Gasteiger partial charge in [-0.3, -0.25) is 0 Å². The molecule has 7 nitrogen and oxygen atoms in total. The number of nitrogens with zero attached hydrogens (tertiary/aromatic N) is 3. The lowest BCUT2D eigenvalue weighted by Crippen LogP contribution is -2.38. The standard InChI is InChI=1S/C23H27ClN4O3/c1-15(29)31-17-9-11-28(12-10-17)23-19-6-4-3-5-18(19)22(26-27-23)25-14-16-7-8-21(30-2)20(24)13-16/h3-8,13,15,17,29H,9-12,14H2,1-2H3,(H,25,26). The van der Waals surface area contributed by atoms with Gasteiger partial charge in [0.25, 0.3) is 0 Å². The Bertz CT molecular complexity index is 1040. The molecule has 1 aromatic heterocycles. The van der Waals surface area contributed by atoms with E-state index in [0.29, 0.717) is 17.3 Å². The summed E-state index contributed by atoms with van der Waals surface area (Å²) in [4.78, 5) is 2.24. The van der Waals surface area contributed by atoms with Crippen molar-refractivity contribution in [2.24, 2.45) is 0 Å². The monoisotopic (exact) mass is 442 g/mol. The zero-order valence-corrected chi connectivity index (χ0v) is 18.5. The Labute approximate surface area is 186 Å². The van der Waals surface area contributed by atoms with E-state index < -0.39 is 6.29 Å². The van der Waals surface area contributed by atoms with Gasteiger partial charge in [0.05, 0.1) is 18.2 Å². The molecule has 31 heavy (non-hydrogen) atoms. The number of benzene rings is 2. The first-order valence-electron chi connectivity index (χ1n) is 10.5. The second kappa shape index (κ2) is 9.68. The summed E-state index contributed by atoms with van der Waals surface area (Å²) in [5.41, 5.74) is 1.03. The molecule has 1 aliphatic rings. The van der Waals surface area contributed by atoms with E-state index in [-0.39, 0.29) is 6.10 Å². The van der Waals surface area contributed by atoms with Gasteiger partial charge in [0.15, 0.2) is 17.9 Å². The highest BCUT2D eigenvalue weighted by molar-refractivity contribution is 6.32. The molecule has 1 atom stereocenters. The van der Waals surface area contributed by atoms with Crippen LogP contribution in [0.25, 0.3) is 10.8 Å². The first kappa shape index (κ1) is 21.6. The molecule has 0 saturated carbocycles. The van der Waals surface area contributed by atoms with Gasteiger partial charge in [0.2, 0.25) is 0 Å². The summed E-state index contributed by atoms with van der Waals surface area (Å²) in [5.74, 6) is 2.27. The molecule has 0 spiro atoms. The fourth-order valence-electron chi connectivity index (χ4n) is 3.94. The molecule has 4 rings (SSSR count). The fourth-order valence-corrected chi connectivity index (χ4v) is 4.22. The Morgan fingerprint density at radius 1 is 1.16 bits per heavy atom. The molecular weight excluding hydrogens is 416 g/mol. The maximum absolute atomic E-state index is 9.45. The fraction of sp³-hybridized carbons (Fsp3) is 0.391. The first-order valence-corrected chi connectivity index (χ1v) is 10.8. The van der Waals surface area contributed by atoms with E-state index in [0.717, 1.165) is 53.9 Å². The second-order valence-corrected chi connectivity index (χ2v) is 8.07. The smallest absolute Gasteiger partial charge is 0.159 e. The zero-order chi connectivity index (χ0) is 21.8. The number of halogens is 1. The molecule has 1 saturated heterocycles. The van der Waals surface area contributed by atoms with Crippen molar-refractivity contribution >= 4 is 34.0 Å². The highest BCUT2D eigenvalue weighted by Crippen LogP contribution is 2.31. The van der Waals surface area contributed by atoms with Gasteiger partial charge in [-0.2, -0.15) is 0 Å². The number of methoxy groups -OCH3 is 1. The summed E-state index contributed by atoms with van der Waals surface area (Å²) in [5, 5.41) is 24.5. The topological polar surface area (TPSA) is 79.7 Å². The van der Waals surface area contributed by atoms with Gasteiger partial charge < -0.3 is 24.8 Å². The van der Waals surface area contributed by atoms with E-state index in [2.05, 4.69) is 32.5 Å². The third kappa shape index (κ3) is 5.01. The number of anilines is 2. The number of hydrogen-bond donors (Lipinski definition) is 2. The van der Waals surface area contributed by atoms with Crippen LogP contribution < -0.4 is 15.0 Å². The number of rotatable bonds is 7. The normalized spacial score (nSPS) is 15.8. The maximum atomic E-state index is 9.45. The summed E-state index contributed by atoms with van der Waals surface area (Å²) in [6.07, 6.45) is 1.04. The lowest BCUT2D eigenvalue weighted by Gasteiger charge is -2.33. The van der Waals surface area contributed by atoms with Crippen molar-refractivity contribution in [1.29, 1.82) is 0 Å². The second-order valence-electron chi connectivity index (χ2n) is 7.66. The Morgan fingerprint density at radius 3 is 2.58 bits per heavy atom. The maximum Gasteiger partial charge on any atom is 0.159 e. The molecule has 1 fully saturated rings. The number of fused-ring (bicyclic) bond motifs is 1. The number of aliphatic hydroxyl groups is 1. The van der Waals surface area contributed by atoms with Crippen molar-refractivity contribution in [2.45, 2.75) is 38.7 Å². The highest BCUT2D eigenvalue weighted by atomic mass is 35.5. The van der Waals surface area contributed by atoms with Gasteiger partial charge in [0.1, 0.15) is 5.75 Å². The van der Waals surface area contributed by atoms with Crippen LogP contribution in [0.3, 0.4) is 0 Å². The molecule has 0 amide bonds. The molecule has 1 aliphatic heterocycles. The average molecular weight is 443 g/mol. The number of nitrogens with one attached hydrogen (secondary N) is 1. The number of aromatic nitrogens is 2. The predicted octanol–water partition coefficient (Wildman–Crippen LogP) is 4.23. The summed E-state index contributed by atoms with van der Waals surface area (Å²) < 4.78 is 10.8. The van der Waals surface area contributed by atoms with Crippen LogP contribution in [-0.4, -0.2) is 47.9 Å². The molecule has 164 valence electrons. The molecule has 2 heterocycles. The van der Waals surface area contributed by atoms with Gasteiger partial charge in [-0.15, -0.1) is 10.2 Å². The van der Waals surface area contributed by atoms with E-state index in [1.165, 1.54) is 0 Å². The minimum absolute atomic E-state index is 0.0766. The highest BCUT2D eigenvalue weighted by Gasteiger charge is 2.24. The Morgan fingerprint density at radius 2 is 1.90 bits per heavy atom. The van der Waals surface area contributed by atoms with Crippen molar-refractivity contribution < 1.29 is 14.6 Å². The lowest BCUT2D eigenvalue weighted by atomic mass is 10.1. The minimum Gasteiger partial charge on any atom is -0.495 e. The van der Waals surface area contributed by atoms with E-state index >= 15 is 0 Å².